The summed E-state index contributed by atoms with van der Waals surface area (Å²) in [6.07, 6.45) is 0.393. The number of hydrogen-bond acceptors (Lipinski definition) is 3. The van der Waals surface area contributed by atoms with Crippen molar-refractivity contribution in [1.29, 1.82) is 0 Å². The van der Waals surface area contributed by atoms with Crippen LogP contribution in [0.4, 0.5) is 5.69 Å². The van der Waals surface area contributed by atoms with Gasteiger partial charge in [0.05, 0.1) is 12.3 Å². The van der Waals surface area contributed by atoms with Crippen LogP contribution in [0.2, 0.25) is 0 Å². The van der Waals surface area contributed by atoms with E-state index < -0.39 is 0 Å². The van der Waals surface area contributed by atoms with Crippen molar-refractivity contribution >= 4 is 11.6 Å². The van der Waals surface area contributed by atoms with Crippen molar-refractivity contribution in [1.82, 2.24) is 0 Å². The number of ether oxygens (including phenoxy) is 1. The average Bonchev–Trinajstić information content (AvgIpc) is 2.31. The zero-order valence-corrected chi connectivity index (χ0v) is 11.3. The molecule has 0 aliphatic heterocycles. The lowest BCUT2D eigenvalue weighted by molar-refractivity contribution is -0.117. The SMILES string of the molecule is CCOc1ccccc1NC(=O)CC(C)(C)CN. The lowest BCUT2D eigenvalue weighted by atomic mass is 9.89. The van der Waals surface area contributed by atoms with Gasteiger partial charge in [-0.3, -0.25) is 4.79 Å². The molecule has 4 heteroatoms. The first-order valence-corrected chi connectivity index (χ1v) is 6.20. The first kappa shape index (κ1) is 14.5. The summed E-state index contributed by atoms with van der Waals surface area (Å²) in [5, 5.41) is 2.87. The number of carbonyl (C=O) groups is 1. The van der Waals surface area contributed by atoms with E-state index in [4.69, 9.17) is 10.5 Å². The number of amides is 1. The van der Waals surface area contributed by atoms with E-state index in [2.05, 4.69) is 5.32 Å². The van der Waals surface area contributed by atoms with Crippen LogP contribution in [0.15, 0.2) is 24.3 Å². The highest BCUT2D eigenvalue weighted by Gasteiger charge is 2.20. The van der Waals surface area contributed by atoms with Gasteiger partial charge in [-0.1, -0.05) is 26.0 Å². The van der Waals surface area contributed by atoms with Crippen LogP contribution in [0.3, 0.4) is 0 Å². The fraction of sp³-hybridized carbons (Fsp3) is 0.500. The minimum Gasteiger partial charge on any atom is -0.492 e. The molecule has 0 saturated carbocycles. The number of benzene rings is 1. The second-order valence-electron chi connectivity index (χ2n) is 5.02. The largest absolute Gasteiger partial charge is 0.492 e. The summed E-state index contributed by atoms with van der Waals surface area (Å²) < 4.78 is 5.45. The van der Waals surface area contributed by atoms with Gasteiger partial charge in [0.1, 0.15) is 5.75 Å². The fourth-order valence-corrected chi connectivity index (χ4v) is 1.55. The topological polar surface area (TPSA) is 64.3 Å². The zero-order valence-electron chi connectivity index (χ0n) is 11.3. The number of rotatable bonds is 6. The van der Waals surface area contributed by atoms with Crippen LogP contribution in [0.25, 0.3) is 0 Å². The van der Waals surface area contributed by atoms with Gasteiger partial charge in [0.15, 0.2) is 0 Å². The predicted molar refractivity (Wildman–Crippen MR) is 73.7 cm³/mol. The van der Waals surface area contributed by atoms with E-state index in [1.165, 1.54) is 0 Å². The lowest BCUT2D eigenvalue weighted by Gasteiger charge is -2.21. The van der Waals surface area contributed by atoms with Gasteiger partial charge in [0, 0.05) is 6.42 Å². The molecule has 0 radical (unpaired) electrons. The highest BCUT2D eigenvalue weighted by molar-refractivity contribution is 5.92. The maximum Gasteiger partial charge on any atom is 0.225 e. The molecule has 1 aromatic rings. The van der Waals surface area contributed by atoms with E-state index in [1.807, 2.05) is 45.0 Å². The maximum absolute atomic E-state index is 11.9. The van der Waals surface area contributed by atoms with Gasteiger partial charge in [-0.05, 0) is 31.0 Å². The van der Waals surface area contributed by atoms with Gasteiger partial charge in [0.2, 0.25) is 5.91 Å². The number of carbonyl (C=O) groups excluding carboxylic acids is 1. The molecule has 0 bridgehead atoms. The number of hydrogen-bond donors (Lipinski definition) is 2. The molecule has 0 spiro atoms. The van der Waals surface area contributed by atoms with Crippen molar-refractivity contribution in [2.24, 2.45) is 11.1 Å². The molecule has 0 fully saturated rings. The minimum absolute atomic E-state index is 0.0439. The monoisotopic (exact) mass is 250 g/mol. The van der Waals surface area contributed by atoms with E-state index in [0.29, 0.717) is 31.0 Å². The second-order valence-corrected chi connectivity index (χ2v) is 5.02. The summed E-state index contributed by atoms with van der Waals surface area (Å²) in [7, 11) is 0. The molecule has 1 amide bonds. The Morgan fingerprint density at radius 3 is 2.67 bits per heavy atom. The molecule has 0 heterocycles. The zero-order chi connectivity index (χ0) is 13.6. The van der Waals surface area contributed by atoms with Crippen molar-refractivity contribution in [2.45, 2.75) is 27.2 Å². The van der Waals surface area contributed by atoms with Crippen LogP contribution in [-0.2, 0) is 4.79 Å². The number of nitrogens with two attached hydrogens (primary N) is 1. The smallest absolute Gasteiger partial charge is 0.225 e. The summed E-state index contributed by atoms with van der Waals surface area (Å²) in [6, 6.07) is 7.42. The number of nitrogens with one attached hydrogen (secondary N) is 1. The molecular weight excluding hydrogens is 228 g/mol. The normalized spacial score (nSPS) is 11.1. The van der Waals surface area contributed by atoms with Crippen molar-refractivity contribution in [3.8, 4) is 5.75 Å². The van der Waals surface area contributed by atoms with Gasteiger partial charge in [0.25, 0.3) is 0 Å². The lowest BCUT2D eigenvalue weighted by Crippen LogP contribution is -2.29. The van der Waals surface area contributed by atoms with E-state index in [-0.39, 0.29) is 11.3 Å². The van der Waals surface area contributed by atoms with Crippen LogP contribution in [0.5, 0.6) is 5.75 Å². The number of para-hydroxylation sites is 2. The van der Waals surface area contributed by atoms with Gasteiger partial charge >= 0.3 is 0 Å². The molecule has 18 heavy (non-hydrogen) atoms. The van der Waals surface area contributed by atoms with Crippen LogP contribution in [-0.4, -0.2) is 19.1 Å². The Morgan fingerprint density at radius 1 is 1.39 bits per heavy atom. The van der Waals surface area contributed by atoms with Crippen LogP contribution >= 0.6 is 0 Å². The van der Waals surface area contributed by atoms with Crippen molar-refractivity contribution in [3.63, 3.8) is 0 Å². The van der Waals surface area contributed by atoms with E-state index >= 15 is 0 Å². The molecule has 3 N–H and O–H groups in total. The van der Waals surface area contributed by atoms with Crippen molar-refractivity contribution in [3.05, 3.63) is 24.3 Å². The van der Waals surface area contributed by atoms with Crippen molar-refractivity contribution < 1.29 is 9.53 Å². The first-order chi connectivity index (χ1) is 8.48. The van der Waals surface area contributed by atoms with Gasteiger partial charge < -0.3 is 15.8 Å². The van der Waals surface area contributed by atoms with Crippen molar-refractivity contribution in [2.75, 3.05) is 18.5 Å². The highest BCUT2D eigenvalue weighted by atomic mass is 16.5. The molecule has 0 aromatic heterocycles. The summed E-state index contributed by atoms with van der Waals surface area (Å²) in [4.78, 5) is 11.9. The second kappa shape index (κ2) is 6.40. The molecule has 1 rings (SSSR count). The summed E-state index contributed by atoms with van der Waals surface area (Å²) in [6.45, 7) is 6.91. The Bertz CT molecular complexity index is 403. The maximum atomic E-state index is 11.9. The molecule has 0 aliphatic rings. The predicted octanol–water partition coefficient (Wildman–Crippen LogP) is 2.40. The van der Waals surface area contributed by atoms with Gasteiger partial charge in [-0.25, -0.2) is 0 Å². The molecule has 0 unspecified atom stereocenters. The Hall–Kier alpha value is -1.55. The van der Waals surface area contributed by atoms with E-state index in [0.717, 1.165) is 0 Å². The fourth-order valence-electron chi connectivity index (χ4n) is 1.55. The average molecular weight is 250 g/mol. The molecule has 0 saturated heterocycles. The molecule has 0 aliphatic carbocycles. The third-order valence-corrected chi connectivity index (χ3v) is 2.65. The van der Waals surface area contributed by atoms with E-state index in [1.54, 1.807) is 0 Å². The Morgan fingerprint density at radius 2 is 2.06 bits per heavy atom. The Balaban J connectivity index is 2.70. The molecule has 0 atom stereocenters. The van der Waals surface area contributed by atoms with Gasteiger partial charge in [-0.2, -0.15) is 0 Å². The van der Waals surface area contributed by atoms with Gasteiger partial charge in [-0.15, -0.1) is 0 Å². The Kier molecular flexibility index (Phi) is 5.16. The number of anilines is 1. The molecule has 100 valence electrons. The van der Waals surface area contributed by atoms with Crippen LogP contribution in [0.1, 0.15) is 27.2 Å². The quantitative estimate of drug-likeness (QED) is 0.814. The summed E-state index contributed by atoms with van der Waals surface area (Å²) >= 11 is 0. The van der Waals surface area contributed by atoms with Crippen LogP contribution < -0.4 is 15.8 Å². The van der Waals surface area contributed by atoms with E-state index in [9.17, 15) is 4.79 Å². The standard InChI is InChI=1S/C14H22N2O2/c1-4-18-12-8-6-5-7-11(12)16-13(17)9-14(2,3)10-15/h5-8H,4,9-10,15H2,1-3H3,(H,16,17). The molecule has 1 aromatic carbocycles. The molecule has 4 nitrogen and oxygen atoms in total. The molecular formula is C14H22N2O2. The third kappa shape index (κ3) is 4.37. The summed E-state index contributed by atoms with van der Waals surface area (Å²) in [5.74, 6) is 0.650. The summed E-state index contributed by atoms with van der Waals surface area (Å²) in [5.41, 5.74) is 6.14. The minimum atomic E-state index is -0.190. The first-order valence-electron chi connectivity index (χ1n) is 6.20. The Labute approximate surface area is 109 Å². The highest BCUT2D eigenvalue weighted by Crippen LogP contribution is 2.25. The van der Waals surface area contributed by atoms with Crippen LogP contribution in [0, 0.1) is 5.41 Å². The third-order valence-electron chi connectivity index (χ3n) is 2.65.